The number of hydrogen-bond donors (Lipinski definition) is 1. The summed E-state index contributed by atoms with van der Waals surface area (Å²) in [6.07, 6.45) is 3.20. The zero-order chi connectivity index (χ0) is 8.85. The van der Waals surface area contributed by atoms with Gasteiger partial charge in [-0.15, -0.1) is 0 Å². The first-order valence-electron chi connectivity index (χ1n) is 3.52. The second-order valence-corrected chi connectivity index (χ2v) is 2.35. The molecular weight excluding hydrogens is 144 g/mol. The molecule has 0 saturated carbocycles. The summed E-state index contributed by atoms with van der Waals surface area (Å²) >= 11 is 0. The minimum Gasteiger partial charge on any atom is -0.481 e. The number of carbonyl (C=O) groups is 1. The molecule has 1 unspecified atom stereocenters. The minimum atomic E-state index is -0.838. The summed E-state index contributed by atoms with van der Waals surface area (Å²) in [6.45, 7) is 3.46. The van der Waals surface area contributed by atoms with Gasteiger partial charge < -0.3 is 9.84 Å². The molecule has 0 aliphatic heterocycles. The maximum absolute atomic E-state index is 10.5. The van der Waals surface area contributed by atoms with Crippen LogP contribution in [0.3, 0.4) is 0 Å². The molecule has 0 bridgehead atoms. The van der Waals surface area contributed by atoms with Crippen molar-refractivity contribution in [3.8, 4) is 0 Å². The van der Waals surface area contributed by atoms with E-state index in [9.17, 15) is 4.79 Å². The fourth-order valence-corrected chi connectivity index (χ4v) is 0.780. The van der Waals surface area contributed by atoms with Crippen LogP contribution in [0.4, 0.5) is 0 Å². The Morgan fingerprint density at radius 3 is 2.45 bits per heavy atom. The van der Waals surface area contributed by atoms with Gasteiger partial charge in [-0.2, -0.15) is 0 Å². The number of hydrogen-bond acceptors (Lipinski definition) is 2. The van der Waals surface area contributed by atoms with Gasteiger partial charge in [-0.25, -0.2) is 0 Å². The molecule has 0 radical (unpaired) electrons. The van der Waals surface area contributed by atoms with Gasteiger partial charge in [0.05, 0.1) is 12.0 Å². The van der Waals surface area contributed by atoms with E-state index >= 15 is 0 Å². The van der Waals surface area contributed by atoms with Crippen molar-refractivity contribution in [2.45, 2.75) is 20.0 Å². The molecule has 2 atom stereocenters. The quantitative estimate of drug-likeness (QED) is 0.627. The first-order chi connectivity index (χ1) is 5.13. The number of carboxylic acid groups (broad SMARTS) is 1. The van der Waals surface area contributed by atoms with Crippen molar-refractivity contribution >= 4 is 5.97 Å². The molecule has 64 valence electrons. The molecule has 0 aliphatic rings. The van der Waals surface area contributed by atoms with Crippen LogP contribution >= 0.6 is 0 Å². The molecule has 1 N–H and O–H groups in total. The van der Waals surface area contributed by atoms with Gasteiger partial charge in [0, 0.05) is 7.11 Å². The number of rotatable bonds is 4. The highest BCUT2D eigenvalue weighted by molar-refractivity contribution is 5.70. The number of methoxy groups -OCH3 is 1. The molecule has 0 fully saturated rings. The van der Waals surface area contributed by atoms with Crippen molar-refractivity contribution in [2.24, 2.45) is 5.92 Å². The fourth-order valence-electron chi connectivity index (χ4n) is 0.780. The van der Waals surface area contributed by atoms with Crippen molar-refractivity contribution in [2.75, 3.05) is 7.11 Å². The molecule has 3 heteroatoms. The van der Waals surface area contributed by atoms with Gasteiger partial charge in [-0.1, -0.05) is 12.2 Å². The first-order valence-corrected chi connectivity index (χ1v) is 3.52. The van der Waals surface area contributed by atoms with Crippen molar-refractivity contribution in [3.63, 3.8) is 0 Å². The molecule has 0 aromatic carbocycles. The monoisotopic (exact) mass is 158 g/mol. The first kappa shape index (κ1) is 10.2. The van der Waals surface area contributed by atoms with Crippen LogP contribution in [-0.4, -0.2) is 24.3 Å². The normalized spacial score (nSPS) is 16.6. The highest BCUT2D eigenvalue weighted by Gasteiger charge is 2.19. The Morgan fingerprint density at radius 2 is 2.18 bits per heavy atom. The zero-order valence-electron chi connectivity index (χ0n) is 7.07. The van der Waals surface area contributed by atoms with Gasteiger partial charge in [-0.3, -0.25) is 4.79 Å². The molecule has 0 heterocycles. The predicted molar refractivity (Wildman–Crippen MR) is 42.4 cm³/mol. The largest absolute Gasteiger partial charge is 0.481 e. The van der Waals surface area contributed by atoms with Crippen LogP contribution in [0.2, 0.25) is 0 Å². The molecule has 11 heavy (non-hydrogen) atoms. The average molecular weight is 158 g/mol. The molecule has 0 rings (SSSR count). The molecule has 0 aliphatic carbocycles. The second-order valence-electron chi connectivity index (χ2n) is 2.35. The minimum absolute atomic E-state index is 0.322. The lowest BCUT2D eigenvalue weighted by molar-refractivity contribution is -0.144. The van der Waals surface area contributed by atoms with E-state index in [4.69, 9.17) is 9.84 Å². The maximum Gasteiger partial charge on any atom is 0.309 e. The van der Waals surface area contributed by atoms with Gasteiger partial charge in [0.1, 0.15) is 0 Å². The van der Waals surface area contributed by atoms with Crippen LogP contribution in [0, 0.1) is 5.92 Å². The van der Waals surface area contributed by atoms with E-state index < -0.39 is 11.9 Å². The Hall–Kier alpha value is -0.830. The Labute approximate surface area is 66.7 Å². The number of aliphatic carboxylic acids is 1. The zero-order valence-corrected chi connectivity index (χ0v) is 7.07. The van der Waals surface area contributed by atoms with Crippen molar-refractivity contribution in [3.05, 3.63) is 12.2 Å². The summed E-state index contributed by atoms with van der Waals surface area (Å²) in [7, 11) is 1.50. The molecule has 0 amide bonds. The van der Waals surface area contributed by atoms with Crippen LogP contribution < -0.4 is 0 Å². The lowest BCUT2D eigenvalue weighted by Crippen LogP contribution is -2.25. The van der Waals surface area contributed by atoms with E-state index in [1.807, 2.05) is 6.92 Å². The fraction of sp³-hybridized carbons (Fsp3) is 0.625. The van der Waals surface area contributed by atoms with Crippen LogP contribution in [0.15, 0.2) is 12.2 Å². The smallest absolute Gasteiger partial charge is 0.309 e. The van der Waals surface area contributed by atoms with E-state index in [-0.39, 0.29) is 6.10 Å². The number of ether oxygens (including phenoxy) is 1. The molecule has 0 aromatic heterocycles. The van der Waals surface area contributed by atoms with Crippen LogP contribution in [0.25, 0.3) is 0 Å². The maximum atomic E-state index is 10.5. The summed E-state index contributed by atoms with van der Waals surface area (Å²) in [4.78, 5) is 10.5. The van der Waals surface area contributed by atoms with Crippen molar-refractivity contribution in [1.82, 2.24) is 0 Å². The third-order valence-electron chi connectivity index (χ3n) is 1.54. The van der Waals surface area contributed by atoms with Gasteiger partial charge in [0.15, 0.2) is 0 Å². The van der Waals surface area contributed by atoms with Gasteiger partial charge >= 0.3 is 5.97 Å². The Bertz CT molecular complexity index is 151. The Kier molecular flexibility index (Phi) is 4.54. The summed E-state index contributed by atoms with van der Waals surface area (Å²) in [5.74, 6) is -1.33. The van der Waals surface area contributed by atoms with Crippen LogP contribution in [0.5, 0.6) is 0 Å². The lowest BCUT2D eigenvalue weighted by atomic mass is 10.1. The molecule has 0 spiro atoms. The highest BCUT2D eigenvalue weighted by atomic mass is 16.5. The third kappa shape index (κ3) is 3.18. The van der Waals surface area contributed by atoms with Gasteiger partial charge in [0.25, 0.3) is 0 Å². The molecular formula is C8H14O3. The second kappa shape index (κ2) is 4.91. The van der Waals surface area contributed by atoms with E-state index in [1.165, 1.54) is 7.11 Å². The average Bonchev–Trinajstić information content (AvgIpc) is 1.98. The molecule has 0 saturated heterocycles. The summed E-state index contributed by atoms with van der Waals surface area (Å²) in [6, 6.07) is 0. The standard InChI is InChI=1S/C8H14O3/c1-4-5-7(11-3)6(2)8(9)10/h4-7H,1-3H3,(H,9,10)/b5-4+/t6-,7?/m1/s1. The van der Waals surface area contributed by atoms with Gasteiger partial charge in [0.2, 0.25) is 0 Å². The van der Waals surface area contributed by atoms with Gasteiger partial charge in [-0.05, 0) is 13.8 Å². The lowest BCUT2D eigenvalue weighted by Gasteiger charge is -2.14. The van der Waals surface area contributed by atoms with E-state index in [1.54, 1.807) is 19.1 Å². The van der Waals surface area contributed by atoms with Crippen molar-refractivity contribution in [1.29, 1.82) is 0 Å². The Balaban J connectivity index is 4.13. The number of allylic oxidation sites excluding steroid dienone is 1. The number of carboxylic acids is 1. The van der Waals surface area contributed by atoms with Crippen LogP contribution in [-0.2, 0) is 9.53 Å². The predicted octanol–water partition coefficient (Wildman–Crippen LogP) is 1.30. The van der Waals surface area contributed by atoms with E-state index in [0.717, 1.165) is 0 Å². The molecule has 3 nitrogen and oxygen atoms in total. The highest BCUT2D eigenvalue weighted by Crippen LogP contribution is 2.07. The third-order valence-corrected chi connectivity index (χ3v) is 1.54. The SMILES string of the molecule is C/C=C/C(OC)[C@@H](C)C(=O)O. The Morgan fingerprint density at radius 1 is 1.64 bits per heavy atom. The summed E-state index contributed by atoms with van der Waals surface area (Å²) in [5.41, 5.74) is 0. The summed E-state index contributed by atoms with van der Waals surface area (Å²) in [5, 5.41) is 8.60. The van der Waals surface area contributed by atoms with Crippen molar-refractivity contribution < 1.29 is 14.6 Å². The van der Waals surface area contributed by atoms with Crippen LogP contribution in [0.1, 0.15) is 13.8 Å². The van der Waals surface area contributed by atoms with E-state index in [2.05, 4.69) is 0 Å². The molecule has 0 aromatic rings. The summed E-state index contributed by atoms with van der Waals surface area (Å²) < 4.78 is 4.95. The van der Waals surface area contributed by atoms with E-state index in [0.29, 0.717) is 0 Å². The topological polar surface area (TPSA) is 46.5 Å².